The molecule has 19 heavy (non-hydrogen) atoms. The highest BCUT2D eigenvalue weighted by Gasteiger charge is 2.21. The van der Waals surface area contributed by atoms with Crippen molar-refractivity contribution in [1.82, 2.24) is 4.90 Å². The van der Waals surface area contributed by atoms with E-state index in [-0.39, 0.29) is 11.9 Å². The first-order chi connectivity index (χ1) is 9.06. The van der Waals surface area contributed by atoms with Crippen LogP contribution >= 0.6 is 15.9 Å². The van der Waals surface area contributed by atoms with Crippen molar-refractivity contribution in [3.63, 3.8) is 0 Å². The minimum atomic E-state index is -0.252. The van der Waals surface area contributed by atoms with E-state index in [1.165, 1.54) is 6.07 Å². The summed E-state index contributed by atoms with van der Waals surface area (Å²) in [5.41, 5.74) is 0.783. The molecule has 1 aliphatic heterocycles. The van der Waals surface area contributed by atoms with Gasteiger partial charge in [0.25, 0.3) is 0 Å². The number of halogens is 2. The summed E-state index contributed by atoms with van der Waals surface area (Å²) < 4.78 is 19.6. The lowest BCUT2D eigenvalue weighted by atomic mass is 10.2. The van der Waals surface area contributed by atoms with Crippen molar-refractivity contribution in [3.05, 3.63) is 28.5 Å². The molecule has 1 fully saturated rings. The van der Waals surface area contributed by atoms with Gasteiger partial charge in [-0.15, -0.1) is 0 Å². The highest BCUT2D eigenvalue weighted by atomic mass is 79.9. The minimum Gasteiger partial charge on any atom is -0.382 e. The van der Waals surface area contributed by atoms with Gasteiger partial charge in [-0.25, -0.2) is 4.39 Å². The number of anilines is 1. The average Bonchev–Trinajstić information content (AvgIpc) is 2.40. The molecule has 1 N–H and O–H groups in total. The summed E-state index contributed by atoms with van der Waals surface area (Å²) in [5, 5.41) is 3.23. The van der Waals surface area contributed by atoms with Crippen molar-refractivity contribution in [3.8, 4) is 0 Å². The van der Waals surface area contributed by atoms with E-state index in [1.54, 1.807) is 6.07 Å². The molecule has 0 radical (unpaired) electrons. The van der Waals surface area contributed by atoms with E-state index in [4.69, 9.17) is 4.74 Å². The lowest BCUT2D eigenvalue weighted by Crippen LogP contribution is -2.48. The normalized spacial score (nSPS) is 20.8. The molecule has 5 heteroatoms. The molecule has 3 nitrogen and oxygen atoms in total. The molecular formula is C14H20BrFN2O. The van der Waals surface area contributed by atoms with Gasteiger partial charge in [-0.3, -0.25) is 4.90 Å². The number of hydrogen-bond acceptors (Lipinski definition) is 3. The quantitative estimate of drug-likeness (QED) is 0.918. The highest BCUT2D eigenvalue weighted by Crippen LogP contribution is 2.19. The van der Waals surface area contributed by atoms with Crippen LogP contribution in [0.2, 0.25) is 0 Å². The molecule has 106 valence electrons. The first kappa shape index (κ1) is 14.8. The second-order valence-electron chi connectivity index (χ2n) is 5.09. The maximum Gasteiger partial charge on any atom is 0.139 e. The van der Waals surface area contributed by atoms with Crippen molar-refractivity contribution in [1.29, 1.82) is 0 Å². The zero-order chi connectivity index (χ0) is 13.8. The van der Waals surface area contributed by atoms with Crippen LogP contribution in [0.25, 0.3) is 0 Å². The van der Waals surface area contributed by atoms with Crippen LogP contribution in [0, 0.1) is 5.82 Å². The molecule has 1 aromatic carbocycles. The van der Waals surface area contributed by atoms with Gasteiger partial charge in [-0.05, 0) is 48.0 Å². The predicted molar refractivity (Wildman–Crippen MR) is 79.0 cm³/mol. The zero-order valence-electron chi connectivity index (χ0n) is 11.3. The Morgan fingerprint density at radius 3 is 3.00 bits per heavy atom. The Kier molecular flexibility index (Phi) is 5.19. The SMILES string of the molecule is CC(C)N1CCOC(CNc2ccc(Br)c(F)c2)C1. The summed E-state index contributed by atoms with van der Waals surface area (Å²) in [6.07, 6.45) is 0.155. The van der Waals surface area contributed by atoms with Gasteiger partial charge in [0.05, 0.1) is 17.2 Å². The number of hydrogen-bond donors (Lipinski definition) is 1. The summed E-state index contributed by atoms with van der Waals surface area (Å²) in [7, 11) is 0. The maximum absolute atomic E-state index is 13.4. The van der Waals surface area contributed by atoms with Gasteiger partial charge in [-0.1, -0.05) is 0 Å². The fourth-order valence-electron chi connectivity index (χ4n) is 2.17. The molecule has 2 rings (SSSR count). The van der Waals surface area contributed by atoms with Crippen molar-refractivity contribution in [2.45, 2.75) is 26.0 Å². The van der Waals surface area contributed by atoms with Gasteiger partial charge in [0.15, 0.2) is 0 Å². The van der Waals surface area contributed by atoms with E-state index in [0.29, 0.717) is 17.1 Å². The van der Waals surface area contributed by atoms with Gasteiger partial charge >= 0.3 is 0 Å². The Balaban J connectivity index is 1.86. The number of ether oxygens (including phenoxy) is 1. The average molecular weight is 331 g/mol. The van der Waals surface area contributed by atoms with Gasteiger partial charge in [0.2, 0.25) is 0 Å². The monoisotopic (exact) mass is 330 g/mol. The van der Waals surface area contributed by atoms with E-state index in [9.17, 15) is 4.39 Å². The standard InChI is InChI=1S/C14H20BrFN2O/c1-10(2)18-5-6-19-12(9-18)8-17-11-3-4-13(15)14(16)7-11/h3-4,7,10,12,17H,5-6,8-9H2,1-2H3. The van der Waals surface area contributed by atoms with E-state index in [0.717, 1.165) is 25.4 Å². The molecular weight excluding hydrogens is 311 g/mol. The van der Waals surface area contributed by atoms with E-state index >= 15 is 0 Å². The molecule has 1 aliphatic rings. The topological polar surface area (TPSA) is 24.5 Å². The molecule has 0 amide bonds. The van der Waals surface area contributed by atoms with E-state index in [1.807, 2.05) is 6.07 Å². The molecule has 0 spiro atoms. The third kappa shape index (κ3) is 4.16. The summed E-state index contributed by atoms with van der Waals surface area (Å²) >= 11 is 3.15. The first-order valence-corrected chi connectivity index (χ1v) is 7.40. The largest absolute Gasteiger partial charge is 0.382 e. The third-order valence-electron chi connectivity index (χ3n) is 3.35. The Bertz CT molecular complexity index is 428. The fraction of sp³-hybridized carbons (Fsp3) is 0.571. The molecule has 1 heterocycles. The Hall–Kier alpha value is -0.650. The highest BCUT2D eigenvalue weighted by molar-refractivity contribution is 9.10. The zero-order valence-corrected chi connectivity index (χ0v) is 12.9. The molecule has 0 aliphatic carbocycles. The summed E-state index contributed by atoms with van der Waals surface area (Å²) in [4.78, 5) is 2.40. The number of nitrogens with zero attached hydrogens (tertiary/aromatic N) is 1. The van der Waals surface area contributed by atoms with Crippen molar-refractivity contribution < 1.29 is 9.13 Å². The molecule has 1 saturated heterocycles. The third-order valence-corrected chi connectivity index (χ3v) is 4.00. The van der Waals surface area contributed by atoms with Gasteiger partial charge < -0.3 is 10.1 Å². The second-order valence-corrected chi connectivity index (χ2v) is 5.95. The predicted octanol–water partition coefficient (Wildman–Crippen LogP) is 3.11. The molecule has 0 bridgehead atoms. The van der Waals surface area contributed by atoms with Crippen LogP contribution in [-0.4, -0.2) is 43.3 Å². The van der Waals surface area contributed by atoms with Gasteiger partial charge in [0, 0.05) is 31.4 Å². The lowest BCUT2D eigenvalue weighted by Gasteiger charge is -2.35. The van der Waals surface area contributed by atoms with Gasteiger partial charge in [0.1, 0.15) is 5.82 Å². The van der Waals surface area contributed by atoms with Crippen LogP contribution in [0.4, 0.5) is 10.1 Å². The molecule has 1 unspecified atom stereocenters. The number of morpholine rings is 1. The molecule has 1 atom stereocenters. The van der Waals surface area contributed by atoms with E-state index in [2.05, 4.69) is 40.0 Å². The molecule has 0 aromatic heterocycles. The van der Waals surface area contributed by atoms with Crippen LogP contribution in [0.15, 0.2) is 22.7 Å². The van der Waals surface area contributed by atoms with E-state index < -0.39 is 0 Å². The first-order valence-electron chi connectivity index (χ1n) is 6.61. The number of benzene rings is 1. The van der Waals surface area contributed by atoms with Crippen molar-refractivity contribution >= 4 is 21.6 Å². The summed E-state index contributed by atoms with van der Waals surface area (Å²) in [6.45, 7) is 7.76. The molecule has 1 aromatic rings. The number of rotatable bonds is 4. The lowest BCUT2D eigenvalue weighted by molar-refractivity contribution is -0.0315. The van der Waals surface area contributed by atoms with Crippen molar-refractivity contribution in [2.24, 2.45) is 0 Å². The number of nitrogens with one attached hydrogen (secondary N) is 1. The Morgan fingerprint density at radius 2 is 2.32 bits per heavy atom. The van der Waals surface area contributed by atoms with Crippen molar-refractivity contribution in [2.75, 3.05) is 31.6 Å². The van der Waals surface area contributed by atoms with Gasteiger partial charge in [-0.2, -0.15) is 0 Å². The maximum atomic E-state index is 13.4. The second kappa shape index (κ2) is 6.68. The van der Waals surface area contributed by atoms with Crippen LogP contribution in [0.5, 0.6) is 0 Å². The fourth-order valence-corrected chi connectivity index (χ4v) is 2.42. The van der Waals surface area contributed by atoms with Crippen LogP contribution in [0.1, 0.15) is 13.8 Å². The molecule has 0 saturated carbocycles. The Morgan fingerprint density at radius 1 is 1.53 bits per heavy atom. The van der Waals surface area contributed by atoms with Crippen LogP contribution < -0.4 is 5.32 Å². The summed E-state index contributed by atoms with van der Waals surface area (Å²) in [6, 6.07) is 5.60. The summed E-state index contributed by atoms with van der Waals surface area (Å²) in [5.74, 6) is -0.252. The van der Waals surface area contributed by atoms with Crippen LogP contribution in [0.3, 0.4) is 0 Å². The van der Waals surface area contributed by atoms with Crippen LogP contribution in [-0.2, 0) is 4.74 Å². The Labute approximate surface area is 122 Å². The smallest absolute Gasteiger partial charge is 0.139 e. The minimum absolute atomic E-state index is 0.155.